The average Bonchev–Trinajstić information content (AvgIpc) is 2.75. The minimum absolute atomic E-state index is 0.439. The third-order valence-corrected chi connectivity index (χ3v) is 3.52. The Bertz CT molecular complexity index is 537. The van der Waals surface area contributed by atoms with Crippen LogP contribution in [0.5, 0.6) is 0 Å². The zero-order valence-electron chi connectivity index (χ0n) is 10.2. The maximum absolute atomic E-state index is 4.15. The number of halogens is 2. The molecule has 4 nitrogen and oxygen atoms in total. The molecule has 0 saturated carbocycles. The molecular weight excluding hydrogens is 360 g/mol. The van der Waals surface area contributed by atoms with Crippen LogP contribution < -0.4 is 5.32 Å². The van der Waals surface area contributed by atoms with Gasteiger partial charge in [0.1, 0.15) is 0 Å². The van der Waals surface area contributed by atoms with E-state index in [-0.39, 0.29) is 0 Å². The molecule has 0 bridgehead atoms. The van der Waals surface area contributed by atoms with Crippen LogP contribution in [0.3, 0.4) is 0 Å². The molecule has 0 saturated heterocycles. The monoisotopic (exact) mass is 372 g/mol. The van der Waals surface area contributed by atoms with Gasteiger partial charge in [0.2, 0.25) is 0 Å². The van der Waals surface area contributed by atoms with Crippen LogP contribution >= 0.6 is 31.9 Å². The molecule has 2 aromatic rings. The van der Waals surface area contributed by atoms with Gasteiger partial charge in [0.15, 0.2) is 0 Å². The van der Waals surface area contributed by atoms with Crippen LogP contribution in [0.1, 0.15) is 19.5 Å². The lowest BCUT2D eigenvalue weighted by Gasteiger charge is -2.05. The second-order valence-corrected chi connectivity index (χ2v) is 6.06. The lowest BCUT2D eigenvalue weighted by atomic mass is 10.3. The first-order chi connectivity index (χ1) is 8.56. The van der Waals surface area contributed by atoms with Crippen molar-refractivity contribution in [3.8, 4) is 5.69 Å². The maximum atomic E-state index is 4.15. The molecule has 0 fully saturated rings. The average molecular weight is 374 g/mol. The minimum Gasteiger partial charge on any atom is -0.309 e. The predicted molar refractivity (Wildman–Crippen MR) is 78.7 cm³/mol. The molecule has 0 aliphatic carbocycles. The first-order valence-electron chi connectivity index (χ1n) is 5.66. The van der Waals surface area contributed by atoms with Crippen molar-refractivity contribution in [1.82, 2.24) is 20.3 Å². The van der Waals surface area contributed by atoms with Crippen LogP contribution in [-0.2, 0) is 6.54 Å². The molecule has 1 heterocycles. The molecule has 96 valence electrons. The van der Waals surface area contributed by atoms with Crippen molar-refractivity contribution in [3.63, 3.8) is 0 Å². The summed E-state index contributed by atoms with van der Waals surface area (Å²) in [5.41, 5.74) is 1.90. The van der Waals surface area contributed by atoms with E-state index in [1.165, 1.54) is 0 Å². The summed E-state index contributed by atoms with van der Waals surface area (Å²) in [6.07, 6.45) is 1.93. The van der Waals surface area contributed by atoms with E-state index >= 15 is 0 Å². The molecule has 6 heteroatoms. The SMILES string of the molecule is CC(C)NCc1cn(-c2ccc(Br)cc2Br)nn1. The van der Waals surface area contributed by atoms with Crippen molar-refractivity contribution in [2.45, 2.75) is 26.4 Å². The number of benzene rings is 1. The zero-order valence-corrected chi connectivity index (χ0v) is 13.4. The number of nitrogens with one attached hydrogen (secondary N) is 1. The van der Waals surface area contributed by atoms with Gasteiger partial charge in [-0.25, -0.2) is 4.68 Å². The standard InChI is InChI=1S/C12H14Br2N4/c1-8(2)15-6-10-7-18(17-16-10)12-4-3-9(13)5-11(12)14/h3-5,7-8,15H,6H2,1-2H3. The Morgan fingerprint density at radius 1 is 1.33 bits per heavy atom. The van der Waals surface area contributed by atoms with Gasteiger partial charge in [0.25, 0.3) is 0 Å². The van der Waals surface area contributed by atoms with Crippen molar-refractivity contribution in [2.75, 3.05) is 0 Å². The molecule has 0 atom stereocenters. The van der Waals surface area contributed by atoms with Crippen LogP contribution in [0, 0.1) is 0 Å². The Balaban J connectivity index is 2.18. The van der Waals surface area contributed by atoms with Gasteiger partial charge in [-0.05, 0) is 34.1 Å². The molecule has 0 spiro atoms. The lowest BCUT2D eigenvalue weighted by molar-refractivity contribution is 0.580. The Kier molecular flexibility index (Phi) is 4.53. The van der Waals surface area contributed by atoms with Gasteiger partial charge < -0.3 is 5.32 Å². The highest BCUT2D eigenvalue weighted by Gasteiger charge is 2.07. The van der Waals surface area contributed by atoms with Crippen molar-refractivity contribution in [1.29, 1.82) is 0 Å². The Morgan fingerprint density at radius 3 is 2.78 bits per heavy atom. The molecule has 2 rings (SSSR count). The highest BCUT2D eigenvalue weighted by atomic mass is 79.9. The summed E-state index contributed by atoms with van der Waals surface area (Å²) < 4.78 is 3.78. The van der Waals surface area contributed by atoms with Crippen molar-refractivity contribution >= 4 is 31.9 Å². The van der Waals surface area contributed by atoms with Crippen LogP contribution in [-0.4, -0.2) is 21.0 Å². The van der Waals surface area contributed by atoms with Crippen molar-refractivity contribution in [3.05, 3.63) is 39.0 Å². The van der Waals surface area contributed by atoms with Gasteiger partial charge in [0, 0.05) is 21.5 Å². The Hall–Kier alpha value is -0.720. The van der Waals surface area contributed by atoms with E-state index in [4.69, 9.17) is 0 Å². The number of aromatic nitrogens is 3. The second-order valence-electron chi connectivity index (χ2n) is 4.29. The summed E-state index contributed by atoms with van der Waals surface area (Å²) in [6.45, 7) is 4.94. The van der Waals surface area contributed by atoms with E-state index in [2.05, 4.69) is 61.3 Å². The third kappa shape index (κ3) is 3.40. The van der Waals surface area contributed by atoms with Gasteiger partial charge in [-0.15, -0.1) is 5.10 Å². The number of hydrogen-bond donors (Lipinski definition) is 1. The number of rotatable bonds is 4. The largest absolute Gasteiger partial charge is 0.309 e. The summed E-state index contributed by atoms with van der Waals surface area (Å²) in [7, 11) is 0. The first-order valence-corrected chi connectivity index (χ1v) is 7.25. The van der Waals surface area contributed by atoms with E-state index in [1.54, 1.807) is 4.68 Å². The summed E-state index contributed by atoms with van der Waals surface area (Å²) >= 11 is 6.95. The third-order valence-electron chi connectivity index (χ3n) is 2.39. The fraction of sp³-hybridized carbons (Fsp3) is 0.333. The summed E-state index contributed by atoms with van der Waals surface area (Å²) in [5, 5.41) is 11.6. The van der Waals surface area contributed by atoms with Gasteiger partial charge in [-0.2, -0.15) is 0 Å². The molecule has 0 aliphatic rings. The maximum Gasteiger partial charge on any atom is 0.0969 e. The topological polar surface area (TPSA) is 42.7 Å². The molecular formula is C12H14Br2N4. The molecule has 0 aliphatic heterocycles. The molecule has 0 amide bonds. The van der Waals surface area contributed by atoms with Crippen LogP contribution in [0.25, 0.3) is 5.69 Å². The van der Waals surface area contributed by atoms with Gasteiger partial charge in [0.05, 0.1) is 17.6 Å². The minimum atomic E-state index is 0.439. The van der Waals surface area contributed by atoms with Gasteiger partial charge in [-0.3, -0.25) is 0 Å². The lowest BCUT2D eigenvalue weighted by Crippen LogP contribution is -2.21. The zero-order chi connectivity index (χ0) is 13.1. The van der Waals surface area contributed by atoms with E-state index in [1.807, 2.05) is 24.4 Å². The molecule has 1 aromatic carbocycles. The van der Waals surface area contributed by atoms with E-state index in [0.717, 1.165) is 26.9 Å². The smallest absolute Gasteiger partial charge is 0.0969 e. The molecule has 1 aromatic heterocycles. The van der Waals surface area contributed by atoms with Gasteiger partial charge >= 0.3 is 0 Å². The number of hydrogen-bond acceptors (Lipinski definition) is 3. The Morgan fingerprint density at radius 2 is 2.11 bits per heavy atom. The fourth-order valence-corrected chi connectivity index (χ4v) is 2.70. The normalized spacial score (nSPS) is 11.2. The van der Waals surface area contributed by atoms with Crippen LogP contribution in [0.4, 0.5) is 0 Å². The predicted octanol–water partition coefficient (Wildman–Crippen LogP) is 3.29. The first kappa shape index (κ1) is 13.7. The fourth-order valence-electron chi connectivity index (χ4n) is 1.47. The highest BCUT2D eigenvalue weighted by molar-refractivity contribution is 9.11. The summed E-state index contributed by atoms with van der Waals surface area (Å²) in [6, 6.07) is 6.40. The van der Waals surface area contributed by atoms with E-state index < -0.39 is 0 Å². The summed E-state index contributed by atoms with van der Waals surface area (Å²) in [4.78, 5) is 0. The molecule has 0 unspecified atom stereocenters. The molecule has 0 radical (unpaired) electrons. The Labute approximate surface area is 123 Å². The highest BCUT2D eigenvalue weighted by Crippen LogP contribution is 2.24. The van der Waals surface area contributed by atoms with Gasteiger partial charge in [-0.1, -0.05) is 35.0 Å². The number of nitrogens with zero attached hydrogens (tertiary/aromatic N) is 3. The van der Waals surface area contributed by atoms with Crippen LogP contribution in [0.15, 0.2) is 33.3 Å². The quantitative estimate of drug-likeness (QED) is 0.894. The molecule has 1 N–H and O–H groups in total. The van der Waals surface area contributed by atoms with Crippen LogP contribution in [0.2, 0.25) is 0 Å². The van der Waals surface area contributed by atoms with Crippen molar-refractivity contribution < 1.29 is 0 Å². The second kappa shape index (κ2) is 5.95. The van der Waals surface area contributed by atoms with Crippen molar-refractivity contribution in [2.24, 2.45) is 0 Å². The molecule has 18 heavy (non-hydrogen) atoms. The van der Waals surface area contributed by atoms with E-state index in [9.17, 15) is 0 Å². The van der Waals surface area contributed by atoms with E-state index in [0.29, 0.717) is 6.04 Å². The summed E-state index contributed by atoms with van der Waals surface area (Å²) in [5.74, 6) is 0.